The molecule has 0 spiro atoms. The second-order valence-electron chi connectivity index (χ2n) is 8.72. The number of benzene rings is 2. The van der Waals surface area contributed by atoms with Crippen LogP contribution in [-0.4, -0.2) is 18.9 Å². The number of fused-ring (bicyclic) bond motifs is 1. The fourth-order valence-electron chi connectivity index (χ4n) is 5.02. The zero-order valence-corrected chi connectivity index (χ0v) is 19.7. The molecule has 178 valence electrons. The first-order valence-corrected chi connectivity index (χ1v) is 11.4. The number of carbonyl (C=O) groups excluding carboxylic acids is 2. The second-order valence-corrected chi connectivity index (χ2v) is 9.16. The highest BCUT2D eigenvalue weighted by molar-refractivity contribution is 6.31. The summed E-state index contributed by atoms with van der Waals surface area (Å²) in [5.74, 6) is -2.34. The number of dihydropyridines is 1. The highest BCUT2D eigenvalue weighted by Crippen LogP contribution is 2.45. The van der Waals surface area contributed by atoms with Gasteiger partial charge < -0.3 is 14.5 Å². The van der Waals surface area contributed by atoms with Gasteiger partial charge in [-0.2, -0.15) is 0 Å². The van der Waals surface area contributed by atoms with Gasteiger partial charge in [0.05, 0.1) is 30.3 Å². The highest BCUT2D eigenvalue weighted by Gasteiger charge is 2.42. The van der Waals surface area contributed by atoms with Crippen LogP contribution < -0.4 is 10.7 Å². The van der Waals surface area contributed by atoms with Gasteiger partial charge in [0.15, 0.2) is 11.2 Å². The Morgan fingerprint density at radius 1 is 1.14 bits per heavy atom. The van der Waals surface area contributed by atoms with E-state index in [0.29, 0.717) is 34.0 Å². The maximum absolute atomic E-state index is 13.6. The van der Waals surface area contributed by atoms with E-state index in [-0.39, 0.29) is 45.9 Å². The molecule has 1 aliphatic carbocycles. The molecule has 0 saturated heterocycles. The second kappa shape index (κ2) is 8.82. The summed E-state index contributed by atoms with van der Waals surface area (Å²) in [6, 6.07) is 10.8. The number of Topliss-reactive ketones (excluding diaryl/α,β-unsaturated/α-hetero) is 1. The molecule has 2 aromatic carbocycles. The Balaban J connectivity index is 1.68. The van der Waals surface area contributed by atoms with Crippen LogP contribution >= 0.6 is 11.6 Å². The van der Waals surface area contributed by atoms with Crippen LogP contribution in [-0.2, 0) is 14.3 Å². The largest absolute Gasteiger partial charge is 0.466 e. The zero-order valence-electron chi connectivity index (χ0n) is 19.0. The third-order valence-corrected chi connectivity index (χ3v) is 6.88. The molecule has 0 radical (unpaired) electrons. The van der Waals surface area contributed by atoms with E-state index in [9.17, 15) is 18.8 Å². The zero-order chi connectivity index (χ0) is 24.9. The lowest BCUT2D eigenvalue weighted by atomic mass is 9.72. The Morgan fingerprint density at radius 3 is 2.60 bits per heavy atom. The summed E-state index contributed by atoms with van der Waals surface area (Å²) < 4.78 is 24.2. The molecule has 0 bridgehead atoms. The molecule has 1 aromatic heterocycles. The molecular formula is C27H21ClFNO5. The van der Waals surface area contributed by atoms with Gasteiger partial charge in [0.25, 0.3) is 0 Å². The standard InChI is InChI=1S/C27H21ClFNO5/c1-13-23(27(33)34-2)24(19-12-35-22-8-5-16(28)11-18(22)26(19)32)25-20(30-13)9-15(10-21(25)31)14-3-6-17(29)7-4-14/h3-8,11-12,15,24,30H,9-10H2,1-2H3/t15-,24-/m1/s1. The van der Waals surface area contributed by atoms with Gasteiger partial charge in [-0.05, 0) is 55.2 Å². The van der Waals surface area contributed by atoms with Crippen molar-refractivity contribution in [2.24, 2.45) is 0 Å². The van der Waals surface area contributed by atoms with Crippen molar-refractivity contribution in [3.05, 3.63) is 103 Å². The van der Waals surface area contributed by atoms with E-state index in [0.717, 1.165) is 5.56 Å². The van der Waals surface area contributed by atoms with E-state index < -0.39 is 11.9 Å². The molecule has 1 aliphatic heterocycles. The molecule has 2 heterocycles. The molecule has 0 amide bonds. The summed E-state index contributed by atoms with van der Waals surface area (Å²) in [7, 11) is 1.25. The Bertz CT molecular complexity index is 1500. The summed E-state index contributed by atoms with van der Waals surface area (Å²) in [4.78, 5) is 40.0. The summed E-state index contributed by atoms with van der Waals surface area (Å²) in [5.41, 5.74) is 2.58. The molecule has 5 rings (SSSR count). The number of rotatable bonds is 3. The van der Waals surface area contributed by atoms with Gasteiger partial charge in [-0.3, -0.25) is 9.59 Å². The molecule has 6 nitrogen and oxygen atoms in total. The molecule has 0 fully saturated rings. The monoisotopic (exact) mass is 493 g/mol. The normalized spacial score (nSPS) is 20.1. The van der Waals surface area contributed by atoms with Crippen LogP contribution in [0, 0.1) is 5.82 Å². The summed E-state index contributed by atoms with van der Waals surface area (Å²) in [6.45, 7) is 1.70. The minimum Gasteiger partial charge on any atom is -0.466 e. The maximum Gasteiger partial charge on any atom is 0.336 e. The van der Waals surface area contributed by atoms with Crippen molar-refractivity contribution < 1.29 is 23.1 Å². The van der Waals surface area contributed by atoms with Crippen molar-refractivity contribution in [2.45, 2.75) is 31.6 Å². The Kier molecular flexibility index (Phi) is 5.81. The number of hydrogen-bond donors (Lipinski definition) is 1. The number of hydrogen-bond acceptors (Lipinski definition) is 6. The molecule has 0 saturated carbocycles. The lowest BCUT2D eigenvalue weighted by Gasteiger charge is -2.36. The predicted molar refractivity (Wildman–Crippen MR) is 128 cm³/mol. The lowest BCUT2D eigenvalue weighted by molar-refractivity contribution is -0.136. The van der Waals surface area contributed by atoms with Crippen LogP contribution in [0.25, 0.3) is 11.0 Å². The van der Waals surface area contributed by atoms with Gasteiger partial charge in [-0.1, -0.05) is 23.7 Å². The van der Waals surface area contributed by atoms with Gasteiger partial charge in [0.1, 0.15) is 11.4 Å². The lowest BCUT2D eigenvalue weighted by Crippen LogP contribution is -2.37. The van der Waals surface area contributed by atoms with Gasteiger partial charge in [0, 0.05) is 34.0 Å². The number of methoxy groups -OCH3 is 1. The first-order chi connectivity index (χ1) is 16.8. The molecule has 35 heavy (non-hydrogen) atoms. The van der Waals surface area contributed by atoms with Crippen molar-refractivity contribution in [1.82, 2.24) is 5.32 Å². The van der Waals surface area contributed by atoms with Crippen molar-refractivity contribution in [3.63, 3.8) is 0 Å². The van der Waals surface area contributed by atoms with Crippen LogP contribution in [0.4, 0.5) is 4.39 Å². The number of halogens is 2. The van der Waals surface area contributed by atoms with E-state index in [1.165, 1.54) is 31.6 Å². The van der Waals surface area contributed by atoms with E-state index in [1.807, 2.05) is 0 Å². The number of ketones is 1. The van der Waals surface area contributed by atoms with E-state index in [1.54, 1.807) is 31.2 Å². The first kappa shape index (κ1) is 23.1. The molecule has 0 unspecified atom stereocenters. The summed E-state index contributed by atoms with van der Waals surface area (Å²) in [5, 5.41) is 3.82. The van der Waals surface area contributed by atoms with Gasteiger partial charge in [-0.15, -0.1) is 0 Å². The fraction of sp³-hybridized carbons (Fsp3) is 0.222. The van der Waals surface area contributed by atoms with Crippen molar-refractivity contribution in [2.75, 3.05) is 7.11 Å². The average Bonchev–Trinajstić information content (AvgIpc) is 2.84. The molecular weight excluding hydrogens is 473 g/mol. The minimum absolute atomic E-state index is 0.154. The van der Waals surface area contributed by atoms with Gasteiger partial charge in [0.2, 0.25) is 0 Å². The number of allylic oxidation sites excluding steroid dienone is 3. The maximum atomic E-state index is 13.6. The fourth-order valence-corrected chi connectivity index (χ4v) is 5.19. The number of carbonyl (C=O) groups is 2. The number of esters is 1. The van der Waals surface area contributed by atoms with Crippen LogP contribution in [0.15, 0.2) is 80.5 Å². The molecule has 2 aliphatic rings. The average molecular weight is 494 g/mol. The minimum atomic E-state index is -0.958. The third-order valence-electron chi connectivity index (χ3n) is 6.65. The molecule has 3 aromatic rings. The molecule has 8 heteroatoms. The van der Waals surface area contributed by atoms with Crippen LogP contribution in [0.3, 0.4) is 0 Å². The van der Waals surface area contributed by atoms with E-state index in [2.05, 4.69) is 5.32 Å². The highest BCUT2D eigenvalue weighted by atomic mass is 35.5. The van der Waals surface area contributed by atoms with Crippen LogP contribution in [0.2, 0.25) is 5.02 Å². The quantitative estimate of drug-likeness (QED) is 0.510. The van der Waals surface area contributed by atoms with Gasteiger partial charge >= 0.3 is 5.97 Å². The van der Waals surface area contributed by atoms with Crippen molar-refractivity contribution in [3.8, 4) is 0 Å². The van der Waals surface area contributed by atoms with Gasteiger partial charge in [-0.25, -0.2) is 9.18 Å². The SMILES string of the molecule is COC(=O)C1=C(C)NC2=C(C(=O)C[C@H](c3ccc(F)cc3)C2)[C@@H]1c1coc2ccc(Cl)cc2c1=O. The molecule has 2 atom stereocenters. The van der Waals surface area contributed by atoms with Crippen molar-refractivity contribution in [1.29, 1.82) is 0 Å². The Labute approximate surface area is 205 Å². The summed E-state index contributed by atoms with van der Waals surface area (Å²) >= 11 is 6.11. The predicted octanol–water partition coefficient (Wildman–Crippen LogP) is 5.12. The smallest absolute Gasteiger partial charge is 0.336 e. The van der Waals surface area contributed by atoms with Crippen LogP contribution in [0.1, 0.15) is 42.7 Å². The first-order valence-electron chi connectivity index (χ1n) is 11.1. The van der Waals surface area contributed by atoms with E-state index >= 15 is 0 Å². The number of nitrogens with one attached hydrogen (secondary N) is 1. The number of ether oxygens (including phenoxy) is 1. The Hall–Kier alpha value is -3.71. The Morgan fingerprint density at radius 2 is 1.89 bits per heavy atom. The molecule has 1 N–H and O–H groups in total. The summed E-state index contributed by atoms with van der Waals surface area (Å²) in [6.07, 6.45) is 1.91. The van der Waals surface area contributed by atoms with Crippen molar-refractivity contribution >= 4 is 34.3 Å². The third kappa shape index (κ3) is 3.96. The van der Waals surface area contributed by atoms with E-state index in [4.69, 9.17) is 20.8 Å². The van der Waals surface area contributed by atoms with Crippen LogP contribution in [0.5, 0.6) is 0 Å². The topological polar surface area (TPSA) is 85.6 Å².